The molecule has 5 nitrogen and oxygen atoms in total. The zero-order chi connectivity index (χ0) is 29.6. The summed E-state index contributed by atoms with van der Waals surface area (Å²) in [6.07, 6.45) is 4.45. The van der Waals surface area contributed by atoms with Crippen molar-refractivity contribution >= 4 is 17.9 Å². The molecule has 0 aliphatic heterocycles. The average molecular weight is 575 g/mol. The van der Waals surface area contributed by atoms with Crippen molar-refractivity contribution in [1.29, 1.82) is 0 Å². The first kappa shape index (κ1) is 31.3. The van der Waals surface area contributed by atoms with Gasteiger partial charge in [0.1, 0.15) is 0 Å². The van der Waals surface area contributed by atoms with Gasteiger partial charge in [-0.3, -0.25) is 4.79 Å². The second-order valence-electron chi connectivity index (χ2n) is 12.3. The molecule has 1 atom stereocenters. The molecule has 0 aromatic heterocycles. The zero-order valence-electron chi connectivity index (χ0n) is 25.2. The topological polar surface area (TPSA) is 72.8 Å². The number of carbonyl (C=O) groups is 1. The molecule has 1 aliphatic rings. The van der Waals surface area contributed by atoms with Gasteiger partial charge in [0.2, 0.25) is 0 Å². The van der Waals surface area contributed by atoms with Gasteiger partial charge in [-0.15, -0.1) is 0 Å². The molecular formula is C35H46N2O3S. The number of benzene rings is 3. The first-order valence-corrected chi connectivity index (χ1v) is 15.6. The fourth-order valence-electron chi connectivity index (χ4n) is 6.08. The summed E-state index contributed by atoms with van der Waals surface area (Å²) in [4.78, 5) is 12.4. The van der Waals surface area contributed by atoms with Crippen LogP contribution in [0.15, 0.2) is 65.6 Å². The lowest BCUT2D eigenvalue weighted by molar-refractivity contribution is -0.136. The molecule has 0 amide bonds. The largest absolute Gasteiger partial charge is 0.481 e. The van der Waals surface area contributed by atoms with Crippen molar-refractivity contribution in [3.63, 3.8) is 0 Å². The second-order valence-corrected chi connectivity index (χ2v) is 13.5. The van der Waals surface area contributed by atoms with E-state index in [0.717, 1.165) is 47.9 Å². The highest BCUT2D eigenvalue weighted by atomic mass is 32.2. The van der Waals surface area contributed by atoms with Crippen molar-refractivity contribution in [3.8, 4) is 11.1 Å². The minimum absolute atomic E-state index is 0.0380. The molecule has 6 heteroatoms. The zero-order valence-corrected chi connectivity index (χ0v) is 26.1. The molecule has 0 spiro atoms. The van der Waals surface area contributed by atoms with E-state index in [1.54, 1.807) is 11.9 Å². The van der Waals surface area contributed by atoms with Gasteiger partial charge in [-0.05, 0) is 123 Å². The summed E-state index contributed by atoms with van der Waals surface area (Å²) >= 11 is 1.67. The normalized spacial score (nSPS) is 14.4. The number of nitrogens with zero attached hydrogens (tertiary/aromatic N) is 1. The van der Waals surface area contributed by atoms with Gasteiger partial charge in [0.05, 0.1) is 6.10 Å². The van der Waals surface area contributed by atoms with Crippen molar-refractivity contribution in [2.45, 2.75) is 82.8 Å². The number of aliphatic carboxylic acids is 1. The van der Waals surface area contributed by atoms with Crippen LogP contribution in [0.2, 0.25) is 0 Å². The molecule has 0 saturated carbocycles. The van der Waals surface area contributed by atoms with Crippen molar-refractivity contribution in [3.05, 3.63) is 88.5 Å². The number of aliphatic hydroxyl groups excluding tert-OH is 1. The lowest BCUT2D eigenvalue weighted by Gasteiger charge is -2.31. The van der Waals surface area contributed by atoms with Crippen LogP contribution in [0.1, 0.15) is 61.4 Å². The van der Waals surface area contributed by atoms with E-state index in [-0.39, 0.29) is 12.0 Å². The Kier molecular flexibility index (Phi) is 10.7. The van der Waals surface area contributed by atoms with Crippen LogP contribution in [0.4, 0.5) is 0 Å². The van der Waals surface area contributed by atoms with Crippen LogP contribution < -0.4 is 5.32 Å². The molecule has 41 heavy (non-hydrogen) atoms. The van der Waals surface area contributed by atoms with Crippen molar-refractivity contribution < 1.29 is 15.0 Å². The molecule has 3 aromatic rings. The summed E-state index contributed by atoms with van der Waals surface area (Å²) < 4.78 is 2.12. The second kappa shape index (κ2) is 14.0. The average Bonchev–Trinajstić information content (AvgIpc) is 3.33. The van der Waals surface area contributed by atoms with Crippen molar-refractivity contribution in [2.24, 2.45) is 5.92 Å². The minimum atomic E-state index is -0.777. The summed E-state index contributed by atoms with van der Waals surface area (Å²) in [7, 11) is 2.03. The molecule has 0 radical (unpaired) electrons. The third kappa shape index (κ3) is 8.92. The molecule has 0 unspecified atom stereocenters. The monoisotopic (exact) mass is 574 g/mol. The fraction of sp³-hybridized carbons (Fsp3) is 0.457. The number of rotatable bonds is 14. The van der Waals surface area contributed by atoms with E-state index in [4.69, 9.17) is 0 Å². The number of carboxylic acid groups (broad SMARTS) is 1. The van der Waals surface area contributed by atoms with E-state index in [9.17, 15) is 15.0 Å². The van der Waals surface area contributed by atoms with E-state index >= 15 is 0 Å². The lowest BCUT2D eigenvalue weighted by Crippen LogP contribution is -2.46. The van der Waals surface area contributed by atoms with Gasteiger partial charge >= 0.3 is 5.97 Å². The van der Waals surface area contributed by atoms with Gasteiger partial charge in [0, 0.05) is 29.9 Å². The van der Waals surface area contributed by atoms with Gasteiger partial charge in [-0.1, -0.05) is 61.0 Å². The van der Waals surface area contributed by atoms with Crippen LogP contribution in [-0.2, 0) is 30.5 Å². The first-order chi connectivity index (χ1) is 19.5. The number of carboxylic acids is 1. The number of hydrogen-bond acceptors (Lipinski definition) is 5. The summed E-state index contributed by atoms with van der Waals surface area (Å²) in [6.45, 7) is 9.84. The molecule has 3 N–H and O–H groups in total. The van der Waals surface area contributed by atoms with Crippen molar-refractivity contribution in [2.75, 3.05) is 20.1 Å². The third-order valence-electron chi connectivity index (χ3n) is 8.10. The van der Waals surface area contributed by atoms with Crippen LogP contribution >= 0.6 is 11.9 Å². The number of aliphatic hydroxyl groups is 1. The van der Waals surface area contributed by atoms with Gasteiger partial charge in [-0.2, -0.15) is 0 Å². The molecule has 0 heterocycles. The molecular weight excluding hydrogens is 528 g/mol. The van der Waals surface area contributed by atoms with E-state index in [2.05, 4.69) is 98.0 Å². The van der Waals surface area contributed by atoms with Crippen LogP contribution in [-0.4, -0.2) is 52.3 Å². The highest BCUT2D eigenvalue weighted by Crippen LogP contribution is 2.34. The molecule has 0 bridgehead atoms. The quantitative estimate of drug-likeness (QED) is 0.186. The number of β-amino-alcohol motifs (C(OH)–C–C–N with tert-alkyl or cyclic N) is 1. The maximum absolute atomic E-state index is 11.2. The van der Waals surface area contributed by atoms with Crippen LogP contribution in [0.5, 0.6) is 0 Å². The van der Waals surface area contributed by atoms with Crippen LogP contribution in [0.3, 0.4) is 0 Å². The Hall–Kier alpha value is -2.64. The van der Waals surface area contributed by atoms with Gasteiger partial charge in [0.25, 0.3) is 0 Å². The number of aryl methyl sites for hydroxylation is 3. The molecule has 220 valence electrons. The Bertz CT molecular complexity index is 1310. The Balaban J connectivity index is 1.32. The number of nitrogens with one attached hydrogen (secondary N) is 1. The molecule has 4 rings (SSSR count). The Morgan fingerprint density at radius 2 is 1.78 bits per heavy atom. The van der Waals surface area contributed by atoms with Gasteiger partial charge in [0.15, 0.2) is 0 Å². The fourth-order valence-corrected chi connectivity index (χ4v) is 7.11. The SMILES string of the molecule is CCc1cc(-c2cc(C)ccc2CCC(=O)O)ccc1SN(C)C[C@H](O)CNC(C)(C)CC1Cc2ccccc2C1. The van der Waals surface area contributed by atoms with E-state index in [1.807, 2.05) is 7.05 Å². The van der Waals surface area contributed by atoms with E-state index < -0.39 is 12.1 Å². The van der Waals surface area contributed by atoms with Gasteiger partial charge in [-0.25, -0.2) is 4.31 Å². The Morgan fingerprint density at radius 3 is 2.44 bits per heavy atom. The van der Waals surface area contributed by atoms with Gasteiger partial charge < -0.3 is 15.5 Å². The summed E-state index contributed by atoms with van der Waals surface area (Å²) in [5.41, 5.74) is 8.64. The highest BCUT2D eigenvalue weighted by molar-refractivity contribution is 7.97. The third-order valence-corrected chi connectivity index (χ3v) is 9.15. The van der Waals surface area contributed by atoms with E-state index in [1.165, 1.54) is 21.6 Å². The minimum Gasteiger partial charge on any atom is -0.481 e. The predicted octanol–water partition coefficient (Wildman–Crippen LogP) is 6.71. The Labute approximate surface area is 250 Å². The molecule has 0 saturated heterocycles. The molecule has 3 aromatic carbocycles. The number of fused-ring (bicyclic) bond motifs is 1. The van der Waals surface area contributed by atoms with E-state index in [0.29, 0.717) is 25.4 Å². The standard InChI is InChI=1S/C35H46N2O3S/c1-6-26-20-30(32-17-24(2)11-12-27(32)14-16-34(39)40)13-15-33(26)41-37(5)23-31(38)22-36-35(3,4)21-25-18-28-9-7-8-10-29(28)19-25/h7-13,15,17,20,25,31,36,38H,6,14,16,18-19,21-23H2,1-5H3,(H,39,40)/t31-/m1/s1. The molecule has 1 aliphatic carbocycles. The smallest absolute Gasteiger partial charge is 0.303 e. The number of hydrogen-bond donors (Lipinski definition) is 3. The van der Waals surface area contributed by atoms with Crippen molar-refractivity contribution in [1.82, 2.24) is 9.62 Å². The van der Waals surface area contributed by atoms with Crippen LogP contribution in [0, 0.1) is 12.8 Å². The maximum atomic E-state index is 11.2. The summed E-state index contributed by atoms with van der Waals surface area (Å²) in [6, 6.07) is 21.6. The Morgan fingerprint density at radius 1 is 1.07 bits per heavy atom. The highest BCUT2D eigenvalue weighted by Gasteiger charge is 2.28. The summed E-state index contributed by atoms with van der Waals surface area (Å²) in [5, 5.41) is 23.7. The van der Waals surface area contributed by atoms with Crippen LogP contribution in [0.25, 0.3) is 11.1 Å². The predicted molar refractivity (Wildman–Crippen MR) is 170 cm³/mol. The lowest BCUT2D eigenvalue weighted by atomic mass is 9.88. The maximum Gasteiger partial charge on any atom is 0.303 e. The first-order valence-electron chi connectivity index (χ1n) is 14.9. The molecule has 0 fully saturated rings. The summed E-state index contributed by atoms with van der Waals surface area (Å²) in [5.74, 6) is -0.130. The number of likely N-dealkylation sites (N-methyl/N-ethyl adjacent to an activating group) is 1.